The van der Waals surface area contributed by atoms with Gasteiger partial charge in [0.05, 0.1) is 11.1 Å². The Labute approximate surface area is 141 Å². The maximum absolute atomic E-state index is 13.6. The highest BCUT2D eigenvalue weighted by Gasteiger charge is 2.15. The summed E-state index contributed by atoms with van der Waals surface area (Å²) in [5.41, 5.74) is 3.55. The van der Waals surface area contributed by atoms with Crippen LogP contribution in [0.4, 0.5) is 8.78 Å². The van der Waals surface area contributed by atoms with Crippen molar-refractivity contribution < 1.29 is 18.4 Å². The number of carbonyl (C=O) groups is 2. The molecule has 0 aromatic heterocycles. The Morgan fingerprint density at radius 1 is 0.773 bits per heavy atom. The lowest BCUT2D eigenvalue weighted by atomic mass is 10.2. The maximum atomic E-state index is 13.6. The van der Waals surface area contributed by atoms with Crippen LogP contribution in [0.1, 0.15) is 20.7 Å². The summed E-state index contributed by atoms with van der Waals surface area (Å²) in [5, 5.41) is 0. The maximum Gasteiger partial charge on any atom is 0.272 e. The van der Waals surface area contributed by atoms with Gasteiger partial charge >= 0.3 is 0 Å². The average Bonchev–Trinajstić information content (AvgIpc) is 2.44. The minimum Gasteiger partial charge on any atom is -0.267 e. The average molecular weight is 434 g/mol. The molecule has 8 heteroatoms. The molecule has 0 spiro atoms. The Hall–Kier alpha value is -1.80. The minimum absolute atomic E-state index is 0.250. The Bertz CT molecular complexity index is 690. The highest BCUT2D eigenvalue weighted by Crippen LogP contribution is 2.16. The molecule has 4 nitrogen and oxygen atoms in total. The molecule has 0 aliphatic carbocycles. The van der Waals surface area contributed by atoms with Crippen molar-refractivity contribution in [1.29, 1.82) is 0 Å². The van der Waals surface area contributed by atoms with Gasteiger partial charge < -0.3 is 0 Å². The molecule has 0 radical (unpaired) electrons. The molecular weight excluding hydrogens is 426 g/mol. The largest absolute Gasteiger partial charge is 0.272 e. The van der Waals surface area contributed by atoms with E-state index < -0.39 is 23.4 Å². The predicted octanol–water partition coefficient (Wildman–Crippen LogP) is 3.56. The third kappa shape index (κ3) is 3.89. The fraction of sp³-hybridized carbons (Fsp3) is 0. The number of halogens is 4. The summed E-state index contributed by atoms with van der Waals surface area (Å²) in [6.07, 6.45) is 0. The summed E-state index contributed by atoms with van der Waals surface area (Å²) in [7, 11) is 0. The fourth-order valence-corrected chi connectivity index (χ4v) is 2.26. The molecule has 0 fully saturated rings. The Balaban J connectivity index is 2.06. The lowest BCUT2D eigenvalue weighted by Gasteiger charge is -2.09. The van der Waals surface area contributed by atoms with Crippen LogP contribution in [0.3, 0.4) is 0 Å². The van der Waals surface area contributed by atoms with Crippen LogP contribution >= 0.6 is 31.9 Å². The van der Waals surface area contributed by atoms with Crippen molar-refractivity contribution in [1.82, 2.24) is 10.9 Å². The number of amides is 2. The Morgan fingerprint density at radius 2 is 1.14 bits per heavy atom. The summed E-state index contributed by atoms with van der Waals surface area (Å²) >= 11 is 6.13. The molecule has 2 aromatic carbocycles. The highest BCUT2D eigenvalue weighted by molar-refractivity contribution is 9.10. The number of hydrogen-bond acceptors (Lipinski definition) is 2. The van der Waals surface area contributed by atoms with Crippen LogP contribution in [0.15, 0.2) is 45.3 Å². The van der Waals surface area contributed by atoms with Crippen LogP contribution in [0.25, 0.3) is 0 Å². The number of rotatable bonds is 2. The van der Waals surface area contributed by atoms with Crippen molar-refractivity contribution in [3.05, 3.63) is 68.1 Å². The quantitative estimate of drug-likeness (QED) is 0.711. The van der Waals surface area contributed by atoms with Gasteiger partial charge in [0.2, 0.25) is 0 Å². The normalized spacial score (nSPS) is 10.2. The molecule has 22 heavy (non-hydrogen) atoms. The zero-order chi connectivity index (χ0) is 16.3. The number of nitrogens with one attached hydrogen (secondary N) is 2. The van der Waals surface area contributed by atoms with Crippen LogP contribution in [0.5, 0.6) is 0 Å². The number of benzene rings is 2. The molecule has 0 heterocycles. The first-order chi connectivity index (χ1) is 10.4. The first-order valence-corrected chi connectivity index (χ1v) is 7.48. The molecule has 0 atom stereocenters. The Morgan fingerprint density at radius 3 is 1.45 bits per heavy atom. The van der Waals surface area contributed by atoms with Crippen LogP contribution in [-0.2, 0) is 0 Å². The van der Waals surface area contributed by atoms with E-state index in [-0.39, 0.29) is 11.1 Å². The molecule has 2 rings (SSSR count). The summed E-state index contributed by atoms with van der Waals surface area (Å²) in [4.78, 5) is 23.5. The zero-order valence-corrected chi connectivity index (χ0v) is 14.0. The lowest BCUT2D eigenvalue weighted by molar-refractivity contribution is 0.0842. The van der Waals surface area contributed by atoms with Gasteiger partial charge in [-0.1, -0.05) is 31.9 Å². The number of hydrazine groups is 1. The number of carbonyl (C=O) groups excluding carboxylic acids is 2. The van der Waals surface area contributed by atoms with E-state index in [1.807, 2.05) is 10.9 Å². The summed E-state index contributed by atoms with van der Waals surface area (Å²) < 4.78 is 28.1. The fourth-order valence-electron chi connectivity index (χ4n) is 1.60. The number of hydrogen-bond donors (Lipinski definition) is 2. The first kappa shape index (κ1) is 16.6. The van der Waals surface area contributed by atoms with Crippen molar-refractivity contribution in [3.63, 3.8) is 0 Å². The second-order valence-electron chi connectivity index (χ2n) is 4.16. The minimum atomic E-state index is -0.851. The van der Waals surface area contributed by atoms with Gasteiger partial charge in [-0.3, -0.25) is 20.4 Å². The third-order valence-corrected chi connectivity index (χ3v) is 3.63. The van der Waals surface area contributed by atoms with Crippen molar-refractivity contribution in [2.75, 3.05) is 0 Å². The van der Waals surface area contributed by atoms with Crippen LogP contribution in [0.2, 0.25) is 0 Å². The lowest BCUT2D eigenvalue weighted by Crippen LogP contribution is -2.42. The van der Waals surface area contributed by atoms with Crippen molar-refractivity contribution >= 4 is 43.7 Å². The standard InChI is InChI=1S/C14H8Br2F2N2O2/c15-7-1-3-9(11(17)5-7)13(21)19-20-14(22)10-4-2-8(16)6-12(10)18/h1-6H,(H,19,21)(H,20,22). The molecule has 0 bridgehead atoms. The molecule has 0 aliphatic heterocycles. The van der Waals surface area contributed by atoms with Crippen molar-refractivity contribution in [2.24, 2.45) is 0 Å². The van der Waals surface area contributed by atoms with Gasteiger partial charge in [-0.2, -0.15) is 0 Å². The van der Waals surface area contributed by atoms with Gasteiger partial charge in [-0.15, -0.1) is 0 Å². The molecule has 114 valence electrons. The molecule has 0 saturated carbocycles. The van der Waals surface area contributed by atoms with E-state index in [0.29, 0.717) is 8.95 Å². The van der Waals surface area contributed by atoms with Gasteiger partial charge in [-0.25, -0.2) is 8.78 Å². The predicted molar refractivity (Wildman–Crippen MR) is 83.1 cm³/mol. The van der Waals surface area contributed by atoms with Crippen molar-refractivity contribution in [3.8, 4) is 0 Å². The molecule has 0 aliphatic rings. The SMILES string of the molecule is O=C(NNC(=O)c1ccc(Br)cc1F)c1ccc(Br)cc1F. The van der Waals surface area contributed by atoms with E-state index in [1.165, 1.54) is 24.3 Å². The molecule has 0 saturated heterocycles. The van der Waals surface area contributed by atoms with Crippen LogP contribution < -0.4 is 10.9 Å². The highest BCUT2D eigenvalue weighted by atomic mass is 79.9. The summed E-state index contributed by atoms with van der Waals surface area (Å²) in [6, 6.07) is 7.70. The third-order valence-electron chi connectivity index (χ3n) is 2.64. The summed E-state index contributed by atoms with van der Waals surface area (Å²) in [6.45, 7) is 0. The van der Waals surface area contributed by atoms with E-state index in [0.717, 1.165) is 12.1 Å². The van der Waals surface area contributed by atoms with Crippen LogP contribution in [0, 0.1) is 11.6 Å². The zero-order valence-electron chi connectivity index (χ0n) is 10.8. The van der Waals surface area contributed by atoms with Gasteiger partial charge in [0.25, 0.3) is 11.8 Å². The van der Waals surface area contributed by atoms with Gasteiger partial charge in [0.1, 0.15) is 11.6 Å². The van der Waals surface area contributed by atoms with E-state index in [1.54, 1.807) is 0 Å². The van der Waals surface area contributed by atoms with Crippen molar-refractivity contribution in [2.45, 2.75) is 0 Å². The van der Waals surface area contributed by atoms with Gasteiger partial charge in [0.15, 0.2) is 0 Å². The van der Waals surface area contributed by atoms with E-state index in [2.05, 4.69) is 31.9 Å². The Kier molecular flexibility index (Phi) is 5.25. The molecular formula is C14H8Br2F2N2O2. The molecule has 2 aromatic rings. The smallest absolute Gasteiger partial charge is 0.267 e. The molecule has 2 N–H and O–H groups in total. The van der Waals surface area contributed by atoms with E-state index in [9.17, 15) is 18.4 Å². The van der Waals surface area contributed by atoms with Gasteiger partial charge in [-0.05, 0) is 36.4 Å². The molecule has 2 amide bonds. The summed E-state index contributed by atoms with van der Waals surface area (Å²) in [5.74, 6) is -3.21. The van der Waals surface area contributed by atoms with E-state index >= 15 is 0 Å². The molecule has 0 unspecified atom stereocenters. The topological polar surface area (TPSA) is 58.2 Å². The second-order valence-corrected chi connectivity index (χ2v) is 5.99. The first-order valence-electron chi connectivity index (χ1n) is 5.89. The van der Waals surface area contributed by atoms with E-state index in [4.69, 9.17) is 0 Å². The monoisotopic (exact) mass is 432 g/mol. The van der Waals surface area contributed by atoms with Gasteiger partial charge in [0, 0.05) is 8.95 Å². The van der Waals surface area contributed by atoms with Crippen LogP contribution in [-0.4, -0.2) is 11.8 Å². The second kappa shape index (κ2) is 6.97.